The van der Waals surface area contributed by atoms with Crippen LogP contribution in [0.15, 0.2) is 48.5 Å². The summed E-state index contributed by atoms with van der Waals surface area (Å²) in [6, 6.07) is 13.1. The maximum absolute atomic E-state index is 13.2. The number of carbonyl (C=O) groups excluding carboxylic acids is 2. The summed E-state index contributed by atoms with van der Waals surface area (Å²) in [4.78, 5) is 38.3. The van der Waals surface area contributed by atoms with Crippen LogP contribution in [0.25, 0.3) is 0 Å². The monoisotopic (exact) mass is 411 g/mol. The van der Waals surface area contributed by atoms with Gasteiger partial charge in [0.25, 0.3) is 5.69 Å². The first kappa shape index (κ1) is 23.1. The normalized spacial score (nSPS) is 12.2. The number of rotatable bonds is 7. The van der Waals surface area contributed by atoms with Gasteiger partial charge in [-0.25, -0.2) is 0 Å². The molecule has 2 rings (SSSR count). The van der Waals surface area contributed by atoms with Gasteiger partial charge in [0.05, 0.1) is 11.3 Å². The third-order valence-electron chi connectivity index (χ3n) is 4.80. The summed E-state index contributed by atoms with van der Waals surface area (Å²) in [7, 11) is 0. The molecule has 1 N–H and O–H groups in total. The number of hydrogen-bond donors (Lipinski definition) is 1. The van der Waals surface area contributed by atoms with Gasteiger partial charge in [-0.1, -0.05) is 42.5 Å². The first-order chi connectivity index (χ1) is 14.0. The second-order valence-electron chi connectivity index (χ2n) is 8.43. The lowest BCUT2D eigenvalue weighted by molar-refractivity contribution is -0.385. The number of aryl methyl sites for hydroxylation is 1. The summed E-state index contributed by atoms with van der Waals surface area (Å²) in [6.07, 6.45) is -0.157. The first-order valence-electron chi connectivity index (χ1n) is 9.88. The van der Waals surface area contributed by atoms with E-state index in [1.807, 2.05) is 52.0 Å². The highest BCUT2D eigenvalue weighted by molar-refractivity contribution is 5.88. The standard InChI is InChI=1S/C23H29N3O4/c1-16-10-6-7-12-19(16)15-25(17(2)22(28)24-23(3,4)5)21(27)14-18-11-8-9-13-20(18)26(29)30/h6-13,17H,14-15H2,1-5H3,(H,24,28). The summed E-state index contributed by atoms with van der Waals surface area (Å²) in [5.41, 5.74) is 1.70. The quantitative estimate of drug-likeness (QED) is 0.554. The summed E-state index contributed by atoms with van der Waals surface area (Å²) < 4.78 is 0. The summed E-state index contributed by atoms with van der Waals surface area (Å²) >= 11 is 0. The van der Waals surface area contributed by atoms with E-state index in [1.165, 1.54) is 11.0 Å². The molecule has 0 fully saturated rings. The molecule has 0 saturated carbocycles. The van der Waals surface area contributed by atoms with Crippen LogP contribution in [0.5, 0.6) is 0 Å². The molecule has 0 aliphatic rings. The SMILES string of the molecule is Cc1ccccc1CN(C(=O)Cc1ccccc1[N+](=O)[O-])C(C)C(=O)NC(C)(C)C. The Morgan fingerprint density at radius 2 is 1.63 bits per heavy atom. The summed E-state index contributed by atoms with van der Waals surface area (Å²) in [5.74, 6) is -0.615. The van der Waals surface area contributed by atoms with Crippen molar-refractivity contribution < 1.29 is 14.5 Å². The predicted molar refractivity (Wildman–Crippen MR) is 116 cm³/mol. The number of carbonyl (C=O) groups is 2. The van der Waals surface area contributed by atoms with Crippen molar-refractivity contribution >= 4 is 17.5 Å². The largest absolute Gasteiger partial charge is 0.350 e. The van der Waals surface area contributed by atoms with Gasteiger partial charge in [-0.05, 0) is 45.7 Å². The highest BCUT2D eigenvalue weighted by Gasteiger charge is 2.29. The molecule has 0 saturated heterocycles. The fourth-order valence-electron chi connectivity index (χ4n) is 3.13. The van der Waals surface area contributed by atoms with Crippen LogP contribution in [0, 0.1) is 17.0 Å². The van der Waals surface area contributed by atoms with Crippen molar-refractivity contribution in [1.82, 2.24) is 10.2 Å². The predicted octanol–water partition coefficient (Wildman–Crippen LogP) is 3.78. The van der Waals surface area contributed by atoms with Gasteiger partial charge in [0.2, 0.25) is 11.8 Å². The van der Waals surface area contributed by atoms with Gasteiger partial charge < -0.3 is 10.2 Å². The van der Waals surface area contributed by atoms with E-state index in [0.717, 1.165) is 11.1 Å². The van der Waals surface area contributed by atoms with Crippen molar-refractivity contribution in [2.24, 2.45) is 0 Å². The molecule has 0 aliphatic heterocycles. The zero-order valence-electron chi connectivity index (χ0n) is 18.1. The molecule has 7 heteroatoms. The van der Waals surface area contributed by atoms with E-state index in [-0.39, 0.29) is 30.5 Å². The molecule has 160 valence electrons. The Morgan fingerprint density at radius 3 is 2.20 bits per heavy atom. The number of nitrogens with one attached hydrogen (secondary N) is 1. The Hall–Kier alpha value is -3.22. The highest BCUT2D eigenvalue weighted by atomic mass is 16.6. The van der Waals surface area contributed by atoms with Crippen LogP contribution in [0.3, 0.4) is 0 Å². The van der Waals surface area contributed by atoms with Crippen LogP contribution in [-0.2, 0) is 22.6 Å². The summed E-state index contributed by atoms with van der Waals surface area (Å²) in [6.45, 7) is 9.48. The number of nitro benzene ring substituents is 1. The third-order valence-corrected chi connectivity index (χ3v) is 4.80. The summed E-state index contributed by atoms with van der Waals surface area (Å²) in [5, 5.41) is 14.2. The topological polar surface area (TPSA) is 92.6 Å². The molecule has 0 bridgehead atoms. The van der Waals surface area contributed by atoms with Crippen LogP contribution >= 0.6 is 0 Å². The molecule has 2 aromatic rings. The van der Waals surface area contributed by atoms with Crippen LogP contribution in [0.2, 0.25) is 0 Å². The molecular formula is C23H29N3O4. The van der Waals surface area contributed by atoms with Gasteiger partial charge in [-0.2, -0.15) is 0 Å². The van der Waals surface area contributed by atoms with E-state index in [2.05, 4.69) is 5.32 Å². The van der Waals surface area contributed by atoms with Crippen molar-refractivity contribution in [2.45, 2.75) is 59.2 Å². The number of para-hydroxylation sites is 1. The van der Waals surface area contributed by atoms with Gasteiger partial charge >= 0.3 is 0 Å². The fourth-order valence-corrected chi connectivity index (χ4v) is 3.13. The number of benzene rings is 2. The molecule has 30 heavy (non-hydrogen) atoms. The molecule has 2 aromatic carbocycles. The van der Waals surface area contributed by atoms with Gasteiger partial charge in [-0.15, -0.1) is 0 Å². The lowest BCUT2D eigenvalue weighted by Gasteiger charge is -2.32. The minimum Gasteiger partial charge on any atom is -0.350 e. The van der Waals surface area contributed by atoms with Crippen LogP contribution < -0.4 is 5.32 Å². The number of hydrogen-bond acceptors (Lipinski definition) is 4. The Labute approximate surface area is 177 Å². The van der Waals surface area contributed by atoms with E-state index < -0.39 is 16.5 Å². The maximum Gasteiger partial charge on any atom is 0.273 e. The van der Waals surface area contributed by atoms with Crippen molar-refractivity contribution in [3.8, 4) is 0 Å². The molecule has 0 aliphatic carbocycles. The second kappa shape index (κ2) is 9.52. The van der Waals surface area contributed by atoms with E-state index in [1.54, 1.807) is 25.1 Å². The van der Waals surface area contributed by atoms with Gasteiger partial charge in [0, 0.05) is 23.7 Å². The molecule has 2 amide bonds. The molecular weight excluding hydrogens is 382 g/mol. The van der Waals surface area contributed by atoms with Crippen molar-refractivity contribution in [3.05, 3.63) is 75.3 Å². The molecule has 1 atom stereocenters. The van der Waals surface area contributed by atoms with Crippen LogP contribution in [0.4, 0.5) is 5.69 Å². The zero-order valence-corrected chi connectivity index (χ0v) is 18.1. The fraction of sp³-hybridized carbons (Fsp3) is 0.391. The van der Waals surface area contributed by atoms with E-state index in [9.17, 15) is 19.7 Å². The lowest BCUT2D eigenvalue weighted by Crippen LogP contribution is -2.52. The molecule has 0 aromatic heterocycles. The van der Waals surface area contributed by atoms with Crippen molar-refractivity contribution in [2.75, 3.05) is 0 Å². The van der Waals surface area contributed by atoms with Gasteiger partial charge in [0.15, 0.2) is 0 Å². The lowest BCUT2D eigenvalue weighted by atomic mass is 10.0. The zero-order chi connectivity index (χ0) is 22.5. The average molecular weight is 412 g/mol. The van der Waals surface area contributed by atoms with E-state index in [4.69, 9.17) is 0 Å². The Morgan fingerprint density at radius 1 is 1.07 bits per heavy atom. The smallest absolute Gasteiger partial charge is 0.273 e. The third kappa shape index (κ3) is 6.14. The number of amides is 2. The minimum absolute atomic E-state index is 0.103. The molecule has 0 spiro atoms. The van der Waals surface area contributed by atoms with Crippen LogP contribution in [0.1, 0.15) is 44.4 Å². The Kier molecular flexibility index (Phi) is 7.32. The van der Waals surface area contributed by atoms with Gasteiger partial charge in [0.1, 0.15) is 6.04 Å². The molecule has 1 unspecified atom stereocenters. The Balaban J connectivity index is 2.35. The average Bonchev–Trinajstić information content (AvgIpc) is 2.65. The number of nitro groups is 1. The van der Waals surface area contributed by atoms with Gasteiger partial charge in [-0.3, -0.25) is 19.7 Å². The maximum atomic E-state index is 13.2. The van der Waals surface area contributed by atoms with Crippen molar-refractivity contribution in [1.29, 1.82) is 0 Å². The molecule has 0 radical (unpaired) electrons. The van der Waals surface area contributed by atoms with Crippen LogP contribution in [-0.4, -0.2) is 33.2 Å². The number of nitrogens with zero attached hydrogens (tertiary/aromatic N) is 2. The minimum atomic E-state index is -0.737. The molecule has 7 nitrogen and oxygen atoms in total. The molecule has 0 heterocycles. The first-order valence-corrected chi connectivity index (χ1v) is 9.88. The highest BCUT2D eigenvalue weighted by Crippen LogP contribution is 2.21. The van der Waals surface area contributed by atoms with E-state index in [0.29, 0.717) is 5.56 Å². The van der Waals surface area contributed by atoms with E-state index >= 15 is 0 Å². The second-order valence-corrected chi connectivity index (χ2v) is 8.43. The van der Waals surface area contributed by atoms with Crippen molar-refractivity contribution in [3.63, 3.8) is 0 Å². The Bertz CT molecular complexity index is 934.